The van der Waals surface area contributed by atoms with Gasteiger partial charge in [-0.25, -0.2) is 4.39 Å². The van der Waals surface area contributed by atoms with Crippen LogP contribution in [-0.2, 0) is 10.2 Å². The van der Waals surface area contributed by atoms with Crippen LogP contribution < -0.4 is 11.1 Å². The van der Waals surface area contributed by atoms with Crippen LogP contribution in [0.3, 0.4) is 0 Å². The van der Waals surface area contributed by atoms with Crippen LogP contribution >= 0.6 is 12.4 Å². The second kappa shape index (κ2) is 4.76. The number of carbonyl (C=O) groups is 1. The van der Waals surface area contributed by atoms with Gasteiger partial charge in [-0.3, -0.25) is 4.79 Å². The minimum absolute atomic E-state index is 0. The molecule has 5 heteroatoms. The van der Waals surface area contributed by atoms with E-state index in [-0.39, 0.29) is 29.5 Å². The van der Waals surface area contributed by atoms with E-state index in [1.54, 1.807) is 0 Å². The van der Waals surface area contributed by atoms with Gasteiger partial charge in [-0.15, -0.1) is 12.4 Å². The molecule has 1 aromatic carbocycles. The first-order valence-electron chi connectivity index (χ1n) is 6.37. The Morgan fingerprint density at radius 3 is 2.26 bits per heavy atom. The summed E-state index contributed by atoms with van der Waals surface area (Å²) in [4.78, 5) is 11.8. The maximum absolute atomic E-state index is 12.9. The van der Waals surface area contributed by atoms with Crippen LogP contribution in [0.4, 0.5) is 4.39 Å². The van der Waals surface area contributed by atoms with Gasteiger partial charge < -0.3 is 11.1 Å². The molecule has 0 unspecified atom stereocenters. The van der Waals surface area contributed by atoms with E-state index >= 15 is 0 Å². The summed E-state index contributed by atoms with van der Waals surface area (Å²) < 4.78 is 12.9. The van der Waals surface area contributed by atoms with Crippen LogP contribution in [0.25, 0.3) is 0 Å². The smallest absolute Gasteiger partial charge is 0.240 e. The second-order valence-corrected chi connectivity index (χ2v) is 5.63. The molecule has 0 radical (unpaired) electrons. The summed E-state index contributed by atoms with van der Waals surface area (Å²) in [6.07, 6.45) is 3.64. The zero-order valence-corrected chi connectivity index (χ0v) is 11.4. The highest BCUT2D eigenvalue weighted by atomic mass is 35.5. The van der Waals surface area contributed by atoms with Crippen molar-refractivity contribution in [1.82, 2.24) is 5.32 Å². The predicted octanol–water partition coefficient (Wildman–Crippen LogP) is 1.89. The summed E-state index contributed by atoms with van der Waals surface area (Å²) in [5.74, 6) is -0.270. The summed E-state index contributed by atoms with van der Waals surface area (Å²) in [6.45, 7) is 0.608. The van der Waals surface area contributed by atoms with Gasteiger partial charge in [0.1, 0.15) is 5.82 Å². The topological polar surface area (TPSA) is 55.1 Å². The fraction of sp³-hybridized carbons (Fsp3) is 0.500. The highest BCUT2D eigenvalue weighted by molar-refractivity contribution is 5.89. The summed E-state index contributed by atoms with van der Waals surface area (Å²) in [5.41, 5.74) is 6.34. The Bertz CT molecular complexity index is 481. The van der Waals surface area contributed by atoms with Crippen molar-refractivity contribution in [2.75, 3.05) is 6.54 Å². The van der Waals surface area contributed by atoms with E-state index in [9.17, 15) is 9.18 Å². The molecule has 0 aromatic heterocycles. The first kappa shape index (κ1) is 14.3. The van der Waals surface area contributed by atoms with Gasteiger partial charge in [-0.1, -0.05) is 12.1 Å². The Hall–Kier alpha value is -1.13. The molecule has 0 bridgehead atoms. The first-order valence-corrected chi connectivity index (χ1v) is 6.37. The van der Waals surface area contributed by atoms with Gasteiger partial charge >= 0.3 is 0 Å². The maximum atomic E-state index is 12.9. The molecule has 0 heterocycles. The third-order valence-electron chi connectivity index (χ3n) is 4.14. The molecule has 2 aliphatic carbocycles. The van der Waals surface area contributed by atoms with E-state index in [1.807, 2.05) is 12.1 Å². The molecule has 0 aliphatic heterocycles. The van der Waals surface area contributed by atoms with Crippen molar-refractivity contribution in [1.29, 1.82) is 0 Å². The minimum Gasteiger partial charge on any atom is -0.354 e. The van der Waals surface area contributed by atoms with E-state index in [1.165, 1.54) is 12.1 Å². The Kier molecular flexibility index (Phi) is 3.58. The van der Waals surface area contributed by atoms with Gasteiger partial charge in [0.25, 0.3) is 0 Å². The molecular weight excluding hydrogens is 267 g/mol. The van der Waals surface area contributed by atoms with Crippen molar-refractivity contribution in [3.63, 3.8) is 0 Å². The number of nitrogens with two attached hydrogens (primary N) is 1. The number of halogens is 2. The number of hydrogen-bond donors (Lipinski definition) is 2. The lowest BCUT2D eigenvalue weighted by molar-refractivity contribution is -0.123. The van der Waals surface area contributed by atoms with Gasteiger partial charge in [0.2, 0.25) is 5.91 Å². The van der Waals surface area contributed by atoms with Crippen LogP contribution in [0, 0.1) is 5.82 Å². The predicted molar refractivity (Wildman–Crippen MR) is 73.7 cm³/mol. The summed E-state index contributed by atoms with van der Waals surface area (Å²) in [6, 6.07) is 6.57. The molecule has 2 saturated carbocycles. The van der Waals surface area contributed by atoms with Crippen LogP contribution in [0.15, 0.2) is 24.3 Å². The second-order valence-electron chi connectivity index (χ2n) is 5.63. The molecule has 19 heavy (non-hydrogen) atoms. The van der Waals surface area contributed by atoms with Crippen molar-refractivity contribution in [2.24, 2.45) is 5.73 Å². The molecule has 104 valence electrons. The monoisotopic (exact) mass is 284 g/mol. The minimum atomic E-state index is -0.612. The Morgan fingerprint density at radius 1 is 1.21 bits per heavy atom. The standard InChI is InChI=1S/C14H17FN2O.ClH/c15-11-3-1-10(2-4-11)13(5-6-13)9-17-12(18)14(16)7-8-14;/h1-4H,5-9,16H2,(H,17,18);1H. The van der Waals surface area contributed by atoms with Gasteiger partial charge in [0.05, 0.1) is 5.54 Å². The molecule has 1 amide bonds. The molecule has 3 rings (SSSR count). The number of carbonyl (C=O) groups excluding carboxylic acids is 1. The normalized spacial score (nSPS) is 21.2. The zero-order chi connectivity index (χ0) is 12.8. The van der Waals surface area contributed by atoms with E-state index < -0.39 is 5.54 Å². The van der Waals surface area contributed by atoms with Gasteiger partial charge in [0.15, 0.2) is 0 Å². The van der Waals surface area contributed by atoms with E-state index in [0.29, 0.717) is 6.54 Å². The Morgan fingerprint density at radius 2 is 1.79 bits per heavy atom. The Labute approximate surface area is 118 Å². The molecule has 2 aliphatic rings. The van der Waals surface area contributed by atoms with Crippen molar-refractivity contribution in [2.45, 2.75) is 36.6 Å². The molecule has 2 fully saturated rings. The van der Waals surface area contributed by atoms with Gasteiger partial charge in [0, 0.05) is 12.0 Å². The number of benzene rings is 1. The van der Waals surface area contributed by atoms with Crippen LogP contribution in [-0.4, -0.2) is 18.0 Å². The van der Waals surface area contributed by atoms with E-state index in [2.05, 4.69) is 5.32 Å². The summed E-state index contributed by atoms with van der Waals surface area (Å²) in [7, 11) is 0. The van der Waals surface area contributed by atoms with Crippen LogP contribution in [0.2, 0.25) is 0 Å². The highest BCUT2D eigenvalue weighted by Gasteiger charge is 2.49. The average Bonchev–Trinajstić information content (AvgIpc) is 3.25. The number of hydrogen-bond acceptors (Lipinski definition) is 2. The number of amides is 1. The van der Waals surface area contributed by atoms with Gasteiger partial charge in [-0.05, 0) is 43.4 Å². The van der Waals surface area contributed by atoms with E-state index in [0.717, 1.165) is 31.2 Å². The molecule has 3 nitrogen and oxygen atoms in total. The molecule has 0 spiro atoms. The highest BCUT2D eigenvalue weighted by Crippen LogP contribution is 2.47. The molecule has 3 N–H and O–H groups in total. The summed E-state index contributed by atoms with van der Waals surface area (Å²) >= 11 is 0. The van der Waals surface area contributed by atoms with Crippen molar-refractivity contribution in [3.05, 3.63) is 35.6 Å². The van der Waals surface area contributed by atoms with Crippen LogP contribution in [0.1, 0.15) is 31.2 Å². The summed E-state index contributed by atoms with van der Waals surface area (Å²) in [5, 5.41) is 2.94. The third kappa shape index (κ3) is 2.74. The fourth-order valence-corrected chi connectivity index (χ4v) is 2.31. The zero-order valence-electron chi connectivity index (χ0n) is 10.6. The quantitative estimate of drug-likeness (QED) is 0.887. The lowest BCUT2D eigenvalue weighted by atomic mass is 9.96. The fourth-order valence-electron chi connectivity index (χ4n) is 2.31. The Balaban J connectivity index is 0.00000133. The first-order chi connectivity index (χ1) is 8.54. The lowest BCUT2D eigenvalue weighted by Crippen LogP contribution is -2.45. The third-order valence-corrected chi connectivity index (χ3v) is 4.14. The number of nitrogens with one attached hydrogen (secondary N) is 1. The van der Waals surface area contributed by atoms with Crippen molar-refractivity contribution in [3.8, 4) is 0 Å². The number of rotatable bonds is 4. The molecular formula is C14H18ClFN2O. The van der Waals surface area contributed by atoms with Crippen molar-refractivity contribution < 1.29 is 9.18 Å². The van der Waals surface area contributed by atoms with Crippen LogP contribution in [0.5, 0.6) is 0 Å². The largest absolute Gasteiger partial charge is 0.354 e. The molecule has 0 saturated heterocycles. The average molecular weight is 285 g/mol. The maximum Gasteiger partial charge on any atom is 0.240 e. The van der Waals surface area contributed by atoms with Gasteiger partial charge in [-0.2, -0.15) is 0 Å². The SMILES string of the molecule is Cl.NC1(C(=O)NCC2(c3ccc(F)cc3)CC2)CC1. The molecule has 0 atom stereocenters. The molecule has 1 aromatic rings. The van der Waals surface area contributed by atoms with Crippen molar-refractivity contribution >= 4 is 18.3 Å². The van der Waals surface area contributed by atoms with E-state index in [4.69, 9.17) is 5.73 Å². The lowest BCUT2D eigenvalue weighted by Gasteiger charge is -2.18.